The topological polar surface area (TPSA) is 84.9 Å². The van der Waals surface area contributed by atoms with E-state index in [1.165, 1.54) is 0 Å². The second-order valence-electron chi connectivity index (χ2n) is 8.01. The van der Waals surface area contributed by atoms with Crippen molar-refractivity contribution in [2.24, 2.45) is 11.8 Å². The summed E-state index contributed by atoms with van der Waals surface area (Å²) in [5.41, 5.74) is 1.73. The number of carbonyl (C=O) groups is 3. The predicted molar refractivity (Wildman–Crippen MR) is 114 cm³/mol. The van der Waals surface area contributed by atoms with Crippen LogP contribution in [-0.4, -0.2) is 38.0 Å². The van der Waals surface area contributed by atoms with Gasteiger partial charge in [0.15, 0.2) is 6.61 Å². The lowest BCUT2D eigenvalue weighted by molar-refractivity contribution is -0.152. The second kappa shape index (κ2) is 9.20. The van der Waals surface area contributed by atoms with Gasteiger partial charge in [-0.25, -0.2) is 0 Å². The van der Waals surface area contributed by atoms with Crippen LogP contribution in [0.1, 0.15) is 30.9 Å². The molecule has 2 aliphatic rings. The van der Waals surface area contributed by atoms with Gasteiger partial charge in [-0.15, -0.1) is 0 Å². The second-order valence-corrected chi connectivity index (χ2v) is 8.01. The van der Waals surface area contributed by atoms with Crippen LogP contribution in [0, 0.1) is 11.8 Å². The molecule has 162 valence electrons. The molecule has 2 aromatic rings. The number of methoxy groups -OCH3 is 1. The lowest BCUT2D eigenvalue weighted by atomic mass is 10.0. The van der Waals surface area contributed by atoms with Crippen molar-refractivity contribution < 1.29 is 23.9 Å². The van der Waals surface area contributed by atoms with Gasteiger partial charge in [0.05, 0.1) is 19.1 Å². The Morgan fingerprint density at radius 3 is 2.61 bits per heavy atom. The van der Waals surface area contributed by atoms with Crippen LogP contribution >= 0.6 is 0 Å². The zero-order valence-electron chi connectivity index (χ0n) is 17.5. The van der Waals surface area contributed by atoms with Crippen LogP contribution in [0.25, 0.3) is 0 Å². The third-order valence-electron chi connectivity index (χ3n) is 5.74. The van der Waals surface area contributed by atoms with E-state index < -0.39 is 11.9 Å². The largest absolute Gasteiger partial charge is 0.497 e. The third-order valence-corrected chi connectivity index (χ3v) is 5.74. The van der Waals surface area contributed by atoms with Gasteiger partial charge in [-0.1, -0.05) is 36.4 Å². The molecule has 1 saturated carbocycles. The Balaban J connectivity index is 1.30. The number of anilines is 1. The Labute approximate surface area is 181 Å². The molecule has 0 radical (unpaired) electrons. The molecule has 2 unspecified atom stereocenters. The number of carbonyl (C=O) groups excluding carboxylic acids is 3. The van der Waals surface area contributed by atoms with Crippen molar-refractivity contribution in [1.29, 1.82) is 0 Å². The van der Waals surface area contributed by atoms with Crippen molar-refractivity contribution in [3.63, 3.8) is 0 Å². The van der Waals surface area contributed by atoms with E-state index in [-0.39, 0.29) is 37.4 Å². The monoisotopic (exact) mass is 422 g/mol. The standard InChI is InChI=1S/C24H26N2O5/c1-30-20-9-5-8-19(13-20)26-14-18(12-22(26)28)24(29)31-15-21(27)25-23(17-10-11-17)16-6-3-2-4-7-16/h2-9,13,17-18,23H,10-12,14-15H2,1H3,(H,25,27). The fourth-order valence-corrected chi connectivity index (χ4v) is 3.93. The summed E-state index contributed by atoms with van der Waals surface area (Å²) in [6.07, 6.45) is 2.21. The van der Waals surface area contributed by atoms with Crippen molar-refractivity contribution in [1.82, 2.24) is 5.32 Å². The first-order valence-corrected chi connectivity index (χ1v) is 10.5. The summed E-state index contributed by atoms with van der Waals surface area (Å²) < 4.78 is 10.4. The Kier molecular flexibility index (Phi) is 6.21. The van der Waals surface area contributed by atoms with Crippen LogP contribution in [0.15, 0.2) is 54.6 Å². The van der Waals surface area contributed by atoms with E-state index in [1.807, 2.05) is 30.3 Å². The molecule has 1 aliphatic carbocycles. The van der Waals surface area contributed by atoms with Gasteiger partial charge in [-0.3, -0.25) is 14.4 Å². The molecule has 7 heteroatoms. The predicted octanol–water partition coefficient (Wildman–Crippen LogP) is 2.86. The van der Waals surface area contributed by atoms with Crippen LogP contribution in [0.4, 0.5) is 5.69 Å². The maximum absolute atomic E-state index is 12.5. The normalized spacial score (nSPS) is 19.1. The molecule has 1 saturated heterocycles. The Morgan fingerprint density at radius 1 is 1.13 bits per heavy atom. The van der Waals surface area contributed by atoms with Gasteiger partial charge in [-0.05, 0) is 36.5 Å². The lowest BCUT2D eigenvalue weighted by Gasteiger charge is -2.19. The average molecular weight is 422 g/mol. The maximum Gasteiger partial charge on any atom is 0.311 e. The molecule has 2 aromatic carbocycles. The molecule has 2 atom stereocenters. The van der Waals surface area contributed by atoms with E-state index in [1.54, 1.807) is 36.3 Å². The molecule has 0 bridgehead atoms. The van der Waals surface area contributed by atoms with Gasteiger partial charge in [0.2, 0.25) is 5.91 Å². The average Bonchev–Trinajstić information content (AvgIpc) is 3.57. The molecule has 1 aliphatic heterocycles. The number of hydrogen-bond donors (Lipinski definition) is 1. The van der Waals surface area contributed by atoms with E-state index in [9.17, 15) is 14.4 Å². The van der Waals surface area contributed by atoms with Crippen LogP contribution in [0.2, 0.25) is 0 Å². The molecule has 31 heavy (non-hydrogen) atoms. The zero-order valence-corrected chi connectivity index (χ0v) is 17.5. The van der Waals surface area contributed by atoms with Gasteiger partial charge in [0.25, 0.3) is 5.91 Å². The van der Waals surface area contributed by atoms with E-state index >= 15 is 0 Å². The third kappa shape index (κ3) is 5.05. The van der Waals surface area contributed by atoms with Crippen LogP contribution in [0.3, 0.4) is 0 Å². The van der Waals surface area contributed by atoms with Gasteiger partial charge < -0.3 is 19.7 Å². The molecular formula is C24H26N2O5. The molecule has 2 fully saturated rings. The van der Waals surface area contributed by atoms with E-state index in [0.29, 0.717) is 17.4 Å². The Hall–Kier alpha value is -3.35. The highest BCUT2D eigenvalue weighted by Crippen LogP contribution is 2.40. The van der Waals surface area contributed by atoms with Crippen LogP contribution < -0.4 is 15.0 Å². The van der Waals surface area contributed by atoms with Gasteiger partial charge >= 0.3 is 5.97 Å². The number of nitrogens with zero attached hydrogens (tertiary/aromatic N) is 1. The Morgan fingerprint density at radius 2 is 1.90 bits per heavy atom. The van der Waals surface area contributed by atoms with Crippen molar-refractivity contribution >= 4 is 23.5 Å². The van der Waals surface area contributed by atoms with Crippen molar-refractivity contribution in [3.05, 3.63) is 60.2 Å². The highest BCUT2D eigenvalue weighted by Gasteiger charge is 2.37. The van der Waals surface area contributed by atoms with Gasteiger partial charge in [0, 0.05) is 24.7 Å². The van der Waals surface area contributed by atoms with Crippen molar-refractivity contribution in [2.45, 2.75) is 25.3 Å². The summed E-state index contributed by atoms with van der Waals surface area (Å²) in [6, 6.07) is 16.9. The summed E-state index contributed by atoms with van der Waals surface area (Å²) in [4.78, 5) is 38.9. The van der Waals surface area contributed by atoms with E-state index in [2.05, 4.69) is 5.32 Å². The van der Waals surface area contributed by atoms with Gasteiger partial charge in [-0.2, -0.15) is 0 Å². The number of benzene rings is 2. The van der Waals surface area contributed by atoms with Crippen molar-refractivity contribution in [2.75, 3.05) is 25.2 Å². The summed E-state index contributed by atoms with van der Waals surface area (Å²) >= 11 is 0. The number of nitrogens with one attached hydrogen (secondary N) is 1. The van der Waals surface area contributed by atoms with Gasteiger partial charge in [0.1, 0.15) is 5.75 Å². The molecule has 2 amide bonds. The SMILES string of the molecule is COc1cccc(N2CC(C(=O)OCC(=O)NC(c3ccccc3)C3CC3)CC2=O)c1. The first-order chi connectivity index (χ1) is 15.0. The summed E-state index contributed by atoms with van der Waals surface area (Å²) in [6.45, 7) is -0.125. The van der Waals surface area contributed by atoms with E-state index in [4.69, 9.17) is 9.47 Å². The first kappa shape index (κ1) is 20.9. The fourth-order valence-electron chi connectivity index (χ4n) is 3.93. The molecule has 1 N–H and O–H groups in total. The zero-order chi connectivity index (χ0) is 21.8. The minimum atomic E-state index is -0.597. The van der Waals surface area contributed by atoms with E-state index in [0.717, 1.165) is 18.4 Å². The number of esters is 1. The molecule has 4 rings (SSSR count). The lowest BCUT2D eigenvalue weighted by Crippen LogP contribution is -2.34. The summed E-state index contributed by atoms with van der Waals surface area (Å²) in [7, 11) is 1.56. The Bertz CT molecular complexity index is 957. The summed E-state index contributed by atoms with van der Waals surface area (Å²) in [5.74, 6) is -0.556. The number of hydrogen-bond acceptors (Lipinski definition) is 5. The highest BCUT2D eigenvalue weighted by atomic mass is 16.5. The minimum Gasteiger partial charge on any atom is -0.497 e. The smallest absolute Gasteiger partial charge is 0.311 e. The minimum absolute atomic E-state index is 0.0619. The number of ether oxygens (including phenoxy) is 2. The number of rotatable bonds is 8. The highest BCUT2D eigenvalue weighted by molar-refractivity contribution is 5.99. The molecule has 0 spiro atoms. The first-order valence-electron chi connectivity index (χ1n) is 10.5. The van der Waals surface area contributed by atoms with Crippen LogP contribution in [-0.2, 0) is 19.1 Å². The molecule has 0 aromatic heterocycles. The molecular weight excluding hydrogens is 396 g/mol. The maximum atomic E-state index is 12.5. The van der Waals surface area contributed by atoms with Crippen molar-refractivity contribution in [3.8, 4) is 5.75 Å². The number of amides is 2. The molecule has 1 heterocycles. The summed E-state index contributed by atoms with van der Waals surface area (Å²) in [5, 5.41) is 2.99. The quantitative estimate of drug-likeness (QED) is 0.662. The van der Waals surface area contributed by atoms with Crippen LogP contribution in [0.5, 0.6) is 5.75 Å². The molecule has 7 nitrogen and oxygen atoms in total. The fraction of sp³-hybridized carbons (Fsp3) is 0.375.